The zero-order valence-electron chi connectivity index (χ0n) is 6.51. The molecule has 0 radical (unpaired) electrons. The van der Waals surface area contributed by atoms with Crippen LogP contribution in [0.5, 0.6) is 0 Å². The molecule has 0 aliphatic heterocycles. The van der Waals surface area contributed by atoms with E-state index in [9.17, 15) is 0 Å². The molecule has 2 N–H and O–H groups in total. The molecule has 0 aromatic rings. The van der Waals surface area contributed by atoms with Crippen LogP contribution in [0, 0.1) is 0 Å². The lowest BCUT2D eigenvalue weighted by Gasteiger charge is -1.96. The van der Waals surface area contributed by atoms with Crippen molar-refractivity contribution in [2.45, 2.75) is 39.0 Å². The summed E-state index contributed by atoms with van der Waals surface area (Å²) in [5, 5.41) is 17.0. The van der Waals surface area contributed by atoms with Gasteiger partial charge in [0.15, 0.2) is 0 Å². The molecule has 60 valence electrons. The van der Waals surface area contributed by atoms with Crippen molar-refractivity contribution in [3.05, 3.63) is 12.0 Å². The fraction of sp³-hybridized carbons (Fsp3) is 0.750. The van der Waals surface area contributed by atoms with Gasteiger partial charge in [-0.25, -0.2) is 0 Å². The number of aliphatic hydroxyl groups excluding tert-OH is 2. The number of hydrogen-bond donors (Lipinski definition) is 2. The van der Waals surface area contributed by atoms with Crippen LogP contribution in [-0.4, -0.2) is 10.2 Å². The molecule has 10 heavy (non-hydrogen) atoms. The number of allylic oxidation sites excluding steroid dienone is 1. The summed E-state index contributed by atoms with van der Waals surface area (Å²) < 4.78 is 0. The summed E-state index contributed by atoms with van der Waals surface area (Å²) in [6.45, 7) is 2.14. The van der Waals surface area contributed by atoms with Gasteiger partial charge >= 0.3 is 0 Å². The van der Waals surface area contributed by atoms with Gasteiger partial charge < -0.3 is 10.2 Å². The predicted octanol–water partition coefficient (Wildman–Crippen LogP) is 2.91. The minimum atomic E-state index is 0.0936. The van der Waals surface area contributed by atoms with Gasteiger partial charge in [-0.05, 0) is 6.42 Å². The molecule has 2 heteroatoms. The van der Waals surface area contributed by atoms with Crippen LogP contribution in [0.1, 0.15) is 39.0 Å². The highest BCUT2D eigenvalue weighted by Crippen LogP contribution is 2.06. The standard InChI is InChI=1S/C8H16O2/c1-2-3-4-5-6-8(10)7-9/h7,9-10H,2-6H2,1H3. The van der Waals surface area contributed by atoms with Gasteiger partial charge in [0.1, 0.15) is 12.0 Å². The first-order valence-corrected chi connectivity index (χ1v) is 3.83. The molecule has 0 bridgehead atoms. The molecule has 0 spiro atoms. The molecular weight excluding hydrogens is 128 g/mol. The molecule has 0 aliphatic rings. The number of aliphatic hydroxyl groups is 2. The molecule has 0 rings (SSSR count). The van der Waals surface area contributed by atoms with E-state index in [0.29, 0.717) is 6.42 Å². The van der Waals surface area contributed by atoms with Gasteiger partial charge in [0.2, 0.25) is 0 Å². The molecule has 0 fully saturated rings. The topological polar surface area (TPSA) is 40.5 Å². The minimum absolute atomic E-state index is 0.0936. The Bertz CT molecular complexity index is 97.4. The second-order valence-electron chi connectivity index (χ2n) is 2.43. The SMILES string of the molecule is CCCCCCC(O)=CO. The molecule has 0 aromatic heterocycles. The molecule has 0 unspecified atom stereocenters. The Morgan fingerprint density at radius 3 is 2.50 bits per heavy atom. The van der Waals surface area contributed by atoms with Crippen molar-refractivity contribution in [1.29, 1.82) is 0 Å². The second kappa shape index (κ2) is 6.46. The van der Waals surface area contributed by atoms with Crippen LogP contribution in [0.25, 0.3) is 0 Å². The molecule has 0 atom stereocenters. The summed E-state index contributed by atoms with van der Waals surface area (Å²) in [7, 11) is 0. The summed E-state index contributed by atoms with van der Waals surface area (Å²) in [6, 6.07) is 0. The second-order valence-corrected chi connectivity index (χ2v) is 2.43. The highest BCUT2D eigenvalue weighted by atomic mass is 16.3. The van der Waals surface area contributed by atoms with Crippen molar-refractivity contribution in [2.75, 3.05) is 0 Å². The maximum atomic E-state index is 8.77. The lowest BCUT2D eigenvalue weighted by Crippen LogP contribution is -1.82. The van der Waals surface area contributed by atoms with Crippen molar-refractivity contribution in [3.63, 3.8) is 0 Å². The number of hydrogen-bond acceptors (Lipinski definition) is 2. The monoisotopic (exact) mass is 144 g/mol. The quantitative estimate of drug-likeness (QED) is 0.460. The van der Waals surface area contributed by atoms with Crippen LogP contribution in [0.2, 0.25) is 0 Å². The Kier molecular flexibility index (Phi) is 6.03. The molecule has 0 aromatic carbocycles. The van der Waals surface area contributed by atoms with Gasteiger partial charge in [-0.2, -0.15) is 0 Å². The zero-order valence-corrected chi connectivity index (χ0v) is 6.51. The van der Waals surface area contributed by atoms with Gasteiger partial charge in [0.25, 0.3) is 0 Å². The van der Waals surface area contributed by atoms with Crippen LogP contribution < -0.4 is 0 Å². The smallest absolute Gasteiger partial charge is 0.126 e. The molecule has 2 nitrogen and oxygen atoms in total. The van der Waals surface area contributed by atoms with Crippen LogP contribution in [-0.2, 0) is 0 Å². The Morgan fingerprint density at radius 2 is 2.00 bits per heavy atom. The van der Waals surface area contributed by atoms with Crippen molar-refractivity contribution >= 4 is 0 Å². The Hall–Kier alpha value is -0.660. The first kappa shape index (κ1) is 9.34. The zero-order chi connectivity index (χ0) is 7.82. The Balaban J connectivity index is 3.04. The van der Waals surface area contributed by atoms with E-state index < -0.39 is 0 Å². The maximum absolute atomic E-state index is 8.77. The van der Waals surface area contributed by atoms with E-state index in [1.165, 1.54) is 12.8 Å². The Morgan fingerprint density at radius 1 is 1.30 bits per heavy atom. The largest absolute Gasteiger partial charge is 0.512 e. The molecule has 0 aliphatic carbocycles. The van der Waals surface area contributed by atoms with Crippen molar-refractivity contribution in [3.8, 4) is 0 Å². The number of rotatable bonds is 5. The van der Waals surface area contributed by atoms with Crippen LogP contribution in [0.15, 0.2) is 12.0 Å². The summed E-state index contributed by atoms with van der Waals surface area (Å²) >= 11 is 0. The third-order valence-electron chi connectivity index (χ3n) is 1.44. The van der Waals surface area contributed by atoms with Crippen LogP contribution >= 0.6 is 0 Å². The normalized spacial score (nSPS) is 11.9. The molecule has 0 saturated carbocycles. The molecule has 0 heterocycles. The fourth-order valence-electron chi connectivity index (χ4n) is 0.797. The van der Waals surface area contributed by atoms with Crippen LogP contribution in [0.4, 0.5) is 0 Å². The molecular formula is C8H16O2. The van der Waals surface area contributed by atoms with Gasteiger partial charge in [-0.1, -0.05) is 26.2 Å². The van der Waals surface area contributed by atoms with E-state index in [-0.39, 0.29) is 5.76 Å². The van der Waals surface area contributed by atoms with Gasteiger partial charge in [0.05, 0.1) is 0 Å². The van der Waals surface area contributed by atoms with E-state index in [0.717, 1.165) is 19.1 Å². The minimum Gasteiger partial charge on any atom is -0.512 e. The average Bonchev–Trinajstić information content (AvgIpc) is 1.98. The lowest BCUT2D eigenvalue weighted by atomic mass is 10.1. The highest BCUT2D eigenvalue weighted by molar-refractivity contribution is 4.82. The average molecular weight is 144 g/mol. The summed E-state index contributed by atoms with van der Waals surface area (Å²) in [6.07, 6.45) is 5.88. The summed E-state index contributed by atoms with van der Waals surface area (Å²) in [5.74, 6) is 0.0936. The van der Waals surface area contributed by atoms with Crippen LogP contribution in [0.3, 0.4) is 0 Å². The van der Waals surface area contributed by atoms with Crippen molar-refractivity contribution in [1.82, 2.24) is 0 Å². The molecule has 0 amide bonds. The third kappa shape index (κ3) is 5.48. The van der Waals surface area contributed by atoms with Crippen molar-refractivity contribution in [2.24, 2.45) is 0 Å². The van der Waals surface area contributed by atoms with Gasteiger partial charge in [0, 0.05) is 6.42 Å². The van der Waals surface area contributed by atoms with Crippen molar-refractivity contribution < 1.29 is 10.2 Å². The molecule has 0 saturated heterocycles. The van der Waals surface area contributed by atoms with Gasteiger partial charge in [-0.15, -0.1) is 0 Å². The maximum Gasteiger partial charge on any atom is 0.126 e. The first-order valence-electron chi connectivity index (χ1n) is 3.83. The van der Waals surface area contributed by atoms with E-state index in [1.807, 2.05) is 0 Å². The highest BCUT2D eigenvalue weighted by Gasteiger charge is 1.91. The van der Waals surface area contributed by atoms with E-state index in [2.05, 4.69) is 6.92 Å². The number of unbranched alkanes of at least 4 members (excludes halogenated alkanes) is 3. The summed E-state index contributed by atoms with van der Waals surface area (Å²) in [5.41, 5.74) is 0. The van der Waals surface area contributed by atoms with E-state index in [4.69, 9.17) is 10.2 Å². The fourth-order valence-corrected chi connectivity index (χ4v) is 0.797. The third-order valence-corrected chi connectivity index (χ3v) is 1.44. The Labute approximate surface area is 62.2 Å². The first-order chi connectivity index (χ1) is 4.81. The van der Waals surface area contributed by atoms with E-state index >= 15 is 0 Å². The lowest BCUT2D eigenvalue weighted by molar-refractivity contribution is 0.339. The predicted molar refractivity (Wildman–Crippen MR) is 42.1 cm³/mol. The van der Waals surface area contributed by atoms with Gasteiger partial charge in [-0.3, -0.25) is 0 Å². The summed E-state index contributed by atoms with van der Waals surface area (Å²) in [4.78, 5) is 0. The van der Waals surface area contributed by atoms with E-state index in [1.54, 1.807) is 0 Å².